The molecule has 0 radical (unpaired) electrons. The summed E-state index contributed by atoms with van der Waals surface area (Å²) in [5, 5.41) is 8.99. The van der Waals surface area contributed by atoms with E-state index in [4.69, 9.17) is 4.42 Å². The van der Waals surface area contributed by atoms with Crippen molar-refractivity contribution in [1.82, 2.24) is 15.6 Å². The second-order valence-corrected chi connectivity index (χ2v) is 5.32. The smallest absolute Gasteiger partial charge is 0.237 e. The lowest BCUT2D eigenvalue weighted by molar-refractivity contribution is -0.123. The Hall–Kier alpha value is -1.66. The van der Waals surface area contributed by atoms with E-state index in [0.29, 0.717) is 13.1 Å². The molecule has 0 aliphatic rings. The van der Waals surface area contributed by atoms with Crippen LogP contribution in [-0.2, 0) is 17.9 Å². The summed E-state index contributed by atoms with van der Waals surface area (Å²) in [6.07, 6.45) is 1.59. The van der Waals surface area contributed by atoms with Gasteiger partial charge in [-0.1, -0.05) is 0 Å². The third kappa shape index (κ3) is 4.18. The molecule has 1 atom stereocenters. The van der Waals surface area contributed by atoms with Crippen molar-refractivity contribution >= 4 is 17.2 Å². The number of furan rings is 1. The summed E-state index contributed by atoms with van der Waals surface area (Å²) in [4.78, 5) is 16.2. The molecule has 0 spiro atoms. The zero-order valence-electron chi connectivity index (χ0n) is 11.0. The van der Waals surface area contributed by atoms with E-state index in [0.717, 1.165) is 16.5 Å². The highest BCUT2D eigenvalue weighted by Gasteiger charge is 2.12. The van der Waals surface area contributed by atoms with Crippen molar-refractivity contribution in [3.8, 4) is 0 Å². The van der Waals surface area contributed by atoms with Crippen LogP contribution in [-0.4, -0.2) is 16.9 Å². The SMILES string of the molecule is Cc1nc(CNC(C)C(=O)NCc2ccco2)cs1. The molecule has 0 saturated heterocycles. The van der Waals surface area contributed by atoms with Gasteiger partial charge in [0.15, 0.2) is 0 Å². The van der Waals surface area contributed by atoms with E-state index in [9.17, 15) is 4.79 Å². The van der Waals surface area contributed by atoms with Crippen molar-refractivity contribution in [2.24, 2.45) is 0 Å². The lowest BCUT2D eigenvalue weighted by Gasteiger charge is -2.12. The molecule has 0 aromatic carbocycles. The number of aryl methyl sites for hydroxylation is 1. The standard InChI is InChI=1S/C13H17N3O2S/c1-9(14-6-11-8-19-10(2)16-11)13(17)15-7-12-4-3-5-18-12/h3-5,8-9,14H,6-7H2,1-2H3,(H,15,17). The van der Waals surface area contributed by atoms with Crippen LogP contribution in [0, 0.1) is 6.92 Å². The van der Waals surface area contributed by atoms with Gasteiger partial charge in [0.05, 0.1) is 29.6 Å². The van der Waals surface area contributed by atoms with Crippen LogP contribution in [0.1, 0.15) is 23.4 Å². The number of nitrogens with one attached hydrogen (secondary N) is 2. The minimum atomic E-state index is -0.267. The highest BCUT2D eigenvalue weighted by atomic mass is 32.1. The van der Waals surface area contributed by atoms with Gasteiger partial charge in [0.2, 0.25) is 5.91 Å². The van der Waals surface area contributed by atoms with Gasteiger partial charge in [-0.2, -0.15) is 0 Å². The van der Waals surface area contributed by atoms with Crippen LogP contribution in [0.2, 0.25) is 0 Å². The van der Waals surface area contributed by atoms with E-state index < -0.39 is 0 Å². The Bertz CT molecular complexity index is 522. The molecule has 0 aliphatic heterocycles. The monoisotopic (exact) mass is 279 g/mol. The first-order valence-electron chi connectivity index (χ1n) is 6.09. The maximum atomic E-state index is 11.8. The van der Waals surface area contributed by atoms with Crippen molar-refractivity contribution in [2.45, 2.75) is 33.0 Å². The second kappa shape index (κ2) is 6.49. The molecular formula is C13H17N3O2S. The zero-order valence-corrected chi connectivity index (χ0v) is 11.8. The fourth-order valence-electron chi connectivity index (χ4n) is 1.58. The topological polar surface area (TPSA) is 67.2 Å². The number of amides is 1. The number of carbonyl (C=O) groups is 1. The Kier molecular flexibility index (Phi) is 4.70. The van der Waals surface area contributed by atoms with E-state index in [1.165, 1.54) is 0 Å². The van der Waals surface area contributed by atoms with Crippen molar-refractivity contribution in [2.75, 3.05) is 0 Å². The molecule has 2 N–H and O–H groups in total. The Labute approximate surface area is 116 Å². The van der Waals surface area contributed by atoms with Gasteiger partial charge in [-0.05, 0) is 26.0 Å². The molecule has 2 heterocycles. The van der Waals surface area contributed by atoms with E-state index in [1.54, 1.807) is 23.7 Å². The highest BCUT2D eigenvalue weighted by molar-refractivity contribution is 7.09. The van der Waals surface area contributed by atoms with E-state index in [-0.39, 0.29) is 11.9 Å². The van der Waals surface area contributed by atoms with Gasteiger partial charge < -0.3 is 15.1 Å². The molecule has 0 bridgehead atoms. The third-order valence-electron chi connectivity index (χ3n) is 2.67. The minimum absolute atomic E-state index is 0.0525. The van der Waals surface area contributed by atoms with Gasteiger partial charge in [-0.25, -0.2) is 4.98 Å². The predicted octanol–water partition coefficient (Wildman–Crippen LogP) is 1.84. The van der Waals surface area contributed by atoms with Gasteiger partial charge in [0, 0.05) is 11.9 Å². The number of hydrogen-bond acceptors (Lipinski definition) is 5. The molecule has 2 aromatic rings. The quantitative estimate of drug-likeness (QED) is 0.846. The van der Waals surface area contributed by atoms with Crippen LogP contribution in [0.3, 0.4) is 0 Å². The Morgan fingerprint density at radius 3 is 3.00 bits per heavy atom. The second-order valence-electron chi connectivity index (χ2n) is 4.26. The molecular weight excluding hydrogens is 262 g/mol. The van der Waals surface area contributed by atoms with Crippen molar-refractivity contribution in [3.63, 3.8) is 0 Å². The lowest BCUT2D eigenvalue weighted by Crippen LogP contribution is -2.41. The fourth-order valence-corrected chi connectivity index (χ4v) is 2.19. The largest absolute Gasteiger partial charge is 0.467 e. The molecule has 5 nitrogen and oxygen atoms in total. The van der Waals surface area contributed by atoms with Crippen molar-refractivity contribution in [3.05, 3.63) is 40.2 Å². The number of thiazole rings is 1. The van der Waals surface area contributed by atoms with Crippen LogP contribution in [0.4, 0.5) is 0 Å². The maximum Gasteiger partial charge on any atom is 0.237 e. The van der Waals surface area contributed by atoms with Crippen LogP contribution in [0.15, 0.2) is 28.2 Å². The van der Waals surface area contributed by atoms with Crippen LogP contribution in [0.5, 0.6) is 0 Å². The Morgan fingerprint density at radius 1 is 1.53 bits per heavy atom. The van der Waals surface area contributed by atoms with Gasteiger partial charge in [-0.3, -0.25) is 4.79 Å². The molecule has 102 valence electrons. The van der Waals surface area contributed by atoms with Crippen molar-refractivity contribution < 1.29 is 9.21 Å². The Balaban J connectivity index is 1.73. The van der Waals surface area contributed by atoms with Crippen LogP contribution < -0.4 is 10.6 Å². The van der Waals surface area contributed by atoms with Gasteiger partial charge in [0.1, 0.15) is 5.76 Å². The first-order valence-corrected chi connectivity index (χ1v) is 6.97. The number of carbonyl (C=O) groups excluding carboxylic acids is 1. The average molecular weight is 279 g/mol. The molecule has 2 rings (SSSR count). The maximum absolute atomic E-state index is 11.8. The molecule has 19 heavy (non-hydrogen) atoms. The summed E-state index contributed by atoms with van der Waals surface area (Å²) < 4.78 is 5.15. The van der Waals surface area contributed by atoms with Crippen LogP contribution in [0.25, 0.3) is 0 Å². The first-order chi connectivity index (χ1) is 9.15. The number of rotatable bonds is 6. The third-order valence-corrected chi connectivity index (χ3v) is 3.49. The molecule has 6 heteroatoms. The minimum Gasteiger partial charge on any atom is -0.467 e. The molecule has 2 aromatic heterocycles. The number of hydrogen-bond donors (Lipinski definition) is 2. The number of aromatic nitrogens is 1. The van der Waals surface area contributed by atoms with Crippen molar-refractivity contribution in [1.29, 1.82) is 0 Å². The average Bonchev–Trinajstić information content (AvgIpc) is 3.04. The molecule has 1 amide bonds. The summed E-state index contributed by atoms with van der Waals surface area (Å²) in [5.41, 5.74) is 0.966. The summed E-state index contributed by atoms with van der Waals surface area (Å²) in [7, 11) is 0. The summed E-state index contributed by atoms with van der Waals surface area (Å²) in [6, 6.07) is 3.36. The predicted molar refractivity (Wildman–Crippen MR) is 73.7 cm³/mol. The zero-order chi connectivity index (χ0) is 13.7. The van der Waals surface area contributed by atoms with Crippen LogP contribution >= 0.6 is 11.3 Å². The highest BCUT2D eigenvalue weighted by Crippen LogP contribution is 2.07. The van der Waals surface area contributed by atoms with Gasteiger partial charge >= 0.3 is 0 Å². The van der Waals surface area contributed by atoms with Gasteiger partial charge in [0.25, 0.3) is 0 Å². The first kappa shape index (κ1) is 13.8. The van der Waals surface area contributed by atoms with E-state index in [2.05, 4.69) is 15.6 Å². The molecule has 1 unspecified atom stereocenters. The number of nitrogens with zero attached hydrogens (tertiary/aromatic N) is 1. The summed E-state index contributed by atoms with van der Waals surface area (Å²) in [6.45, 7) is 4.80. The van der Waals surface area contributed by atoms with E-state index >= 15 is 0 Å². The lowest BCUT2D eigenvalue weighted by atomic mass is 10.3. The molecule has 0 aliphatic carbocycles. The Morgan fingerprint density at radius 2 is 2.37 bits per heavy atom. The van der Waals surface area contributed by atoms with Gasteiger partial charge in [-0.15, -0.1) is 11.3 Å². The normalized spacial score (nSPS) is 12.3. The summed E-state index contributed by atoms with van der Waals surface area (Å²) >= 11 is 1.61. The molecule has 0 saturated carbocycles. The summed E-state index contributed by atoms with van der Waals surface area (Å²) in [5.74, 6) is 0.694. The fraction of sp³-hybridized carbons (Fsp3) is 0.385. The van der Waals surface area contributed by atoms with E-state index in [1.807, 2.05) is 25.3 Å². The molecule has 0 fully saturated rings.